The van der Waals surface area contributed by atoms with Crippen molar-refractivity contribution in [1.82, 2.24) is 9.97 Å². The van der Waals surface area contributed by atoms with Gasteiger partial charge in [0.1, 0.15) is 0 Å². The summed E-state index contributed by atoms with van der Waals surface area (Å²) in [6.07, 6.45) is 7.75. The quantitative estimate of drug-likeness (QED) is 0.790. The summed E-state index contributed by atoms with van der Waals surface area (Å²) in [6, 6.07) is 0. The van der Waals surface area contributed by atoms with E-state index in [1.807, 2.05) is 0 Å². The van der Waals surface area contributed by atoms with Gasteiger partial charge in [-0.25, -0.2) is 4.98 Å². The number of aryl methyl sites for hydroxylation is 1. The minimum Gasteiger partial charge on any atom is -0.481 e. The lowest BCUT2D eigenvalue weighted by Gasteiger charge is -2.14. The second-order valence-electron chi connectivity index (χ2n) is 5.20. The molecule has 1 aromatic rings. The maximum absolute atomic E-state index is 6.18. The lowest BCUT2D eigenvalue weighted by molar-refractivity contribution is 0.385. The molecule has 0 saturated heterocycles. The first-order chi connectivity index (χ1) is 8.23. The fraction of sp³-hybridized carbons (Fsp3) is 0.692. The number of hydrogen-bond acceptors (Lipinski definition) is 4. The first kappa shape index (κ1) is 11.0. The number of methoxy groups -OCH3 is 1. The van der Waals surface area contributed by atoms with E-state index in [1.165, 1.54) is 30.5 Å². The van der Waals surface area contributed by atoms with Crippen molar-refractivity contribution in [3.05, 3.63) is 17.1 Å². The van der Waals surface area contributed by atoms with Crippen molar-refractivity contribution in [2.45, 2.75) is 50.5 Å². The van der Waals surface area contributed by atoms with E-state index < -0.39 is 0 Å². The Hall–Kier alpha value is -1.16. The molecule has 0 unspecified atom stereocenters. The number of nitrogens with zero attached hydrogens (tertiary/aromatic N) is 2. The third-order valence-corrected chi connectivity index (χ3v) is 3.82. The average molecular weight is 233 g/mol. The number of aromatic nitrogens is 2. The van der Waals surface area contributed by atoms with E-state index in [0.29, 0.717) is 0 Å². The van der Waals surface area contributed by atoms with Crippen LogP contribution in [0.25, 0.3) is 0 Å². The SMILES string of the molecule is COc1nc(C2(N)CC2)nc2c1CCCCC2. The van der Waals surface area contributed by atoms with Gasteiger partial charge in [0.15, 0.2) is 5.82 Å². The first-order valence-corrected chi connectivity index (χ1v) is 6.46. The van der Waals surface area contributed by atoms with Gasteiger partial charge in [0.05, 0.1) is 18.3 Å². The number of hydrogen-bond donors (Lipinski definition) is 1. The molecule has 2 N–H and O–H groups in total. The fourth-order valence-corrected chi connectivity index (χ4v) is 2.49. The molecule has 0 atom stereocenters. The van der Waals surface area contributed by atoms with Gasteiger partial charge in [-0.3, -0.25) is 0 Å². The molecule has 1 fully saturated rings. The monoisotopic (exact) mass is 233 g/mol. The lowest BCUT2D eigenvalue weighted by atomic mass is 10.1. The molecule has 1 heterocycles. The van der Waals surface area contributed by atoms with Gasteiger partial charge in [0.2, 0.25) is 5.88 Å². The van der Waals surface area contributed by atoms with E-state index in [4.69, 9.17) is 15.5 Å². The van der Waals surface area contributed by atoms with Crippen molar-refractivity contribution in [2.24, 2.45) is 5.73 Å². The fourth-order valence-electron chi connectivity index (χ4n) is 2.49. The van der Waals surface area contributed by atoms with Crippen molar-refractivity contribution in [1.29, 1.82) is 0 Å². The van der Waals surface area contributed by atoms with E-state index in [9.17, 15) is 0 Å². The van der Waals surface area contributed by atoms with Gasteiger partial charge in [-0.2, -0.15) is 4.98 Å². The number of ether oxygens (including phenoxy) is 1. The summed E-state index contributed by atoms with van der Waals surface area (Å²) < 4.78 is 5.43. The van der Waals surface area contributed by atoms with Crippen LogP contribution in [0.15, 0.2) is 0 Å². The normalized spacial score (nSPS) is 21.5. The van der Waals surface area contributed by atoms with Gasteiger partial charge < -0.3 is 10.5 Å². The molecule has 1 saturated carbocycles. The predicted molar refractivity (Wildman–Crippen MR) is 64.9 cm³/mol. The van der Waals surface area contributed by atoms with Gasteiger partial charge in [-0.1, -0.05) is 6.42 Å². The molecule has 4 heteroatoms. The Balaban J connectivity index is 2.07. The highest BCUT2D eigenvalue weighted by molar-refractivity contribution is 5.34. The molecule has 0 spiro atoms. The Morgan fingerprint density at radius 2 is 1.88 bits per heavy atom. The Morgan fingerprint density at radius 3 is 2.59 bits per heavy atom. The maximum atomic E-state index is 6.18. The summed E-state index contributed by atoms with van der Waals surface area (Å²) in [6.45, 7) is 0. The van der Waals surface area contributed by atoms with Crippen LogP contribution >= 0.6 is 0 Å². The zero-order valence-electron chi connectivity index (χ0n) is 10.3. The molecule has 17 heavy (non-hydrogen) atoms. The molecular weight excluding hydrogens is 214 g/mol. The highest BCUT2D eigenvalue weighted by atomic mass is 16.5. The second kappa shape index (κ2) is 3.95. The summed E-state index contributed by atoms with van der Waals surface area (Å²) in [7, 11) is 1.69. The molecule has 0 bridgehead atoms. The lowest BCUT2D eigenvalue weighted by Crippen LogP contribution is -2.23. The van der Waals surface area contributed by atoms with Gasteiger partial charge >= 0.3 is 0 Å². The highest BCUT2D eigenvalue weighted by Crippen LogP contribution is 2.42. The van der Waals surface area contributed by atoms with Crippen LogP contribution in [0.2, 0.25) is 0 Å². The van der Waals surface area contributed by atoms with E-state index in [0.717, 1.165) is 37.4 Å². The molecule has 0 aromatic carbocycles. The molecule has 92 valence electrons. The minimum atomic E-state index is -0.269. The molecule has 2 aliphatic rings. The average Bonchev–Trinajstić information content (AvgIpc) is 3.11. The van der Waals surface area contributed by atoms with Gasteiger partial charge in [0, 0.05) is 5.56 Å². The Morgan fingerprint density at radius 1 is 1.12 bits per heavy atom. The van der Waals surface area contributed by atoms with Crippen molar-refractivity contribution in [3.8, 4) is 5.88 Å². The molecule has 0 amide bonds. The van der Waals surface area contributed by atoms with E-state index in [1.54, 1.807) is 7.11 Å². The van der Waals surface area contributed by atoms with E-state index >= 15 is 0 Å². The van der Waals surface area contributed by atoms with Crippen molar-refractivity contribution < 1.29 is 4.74 Å². The molecule has 1 aromatic heterocycles. The Bertz CT molecular complexity index is 441. The summed E-state index contributed by atoms with van der Waals surface area (Å²) >= 11 is 0. The topological polar surface area (TPSA) is 61.0 Å². The largest absolute Gasteiger partial charge is 0.481 e. The zero-order chi connectivity index (χ0) is 11.9. The summed E-state index contributed by atoms with van der Waals surface area (Å²) in [5, 5.41) is 0. The van der Waals surface area contributed by atoms with Crippen LogP contribution in [0.5, 0.6) is 5.88 Å². The van der Waals surface area contributed by atoms with Gasteiger partial charge in [-0.15, -0.1) is 0 Å². The third kappa shape index (κ3) is 1.90. The standard InChI is InChI=1S/C13H19N3O/c1-17-11-9-5-3-2-4-6-10(9)15-12(16-11)13(14)7-8-13/h2-8,14H2,1H3. The van der Waals surface area contributed by atoms with Crippen LogP contribution in [0, 0.1) is 0 Å². The first-order valence-electron chi connectivity index (χ1n) is 6.46. The summed E-state index contributed by atoms with van der Waals surface area (Å²) in [5.74, 6) is 1.54. The second-order valence-corrected chi connectivity index (χ2v) is 5.20. The molecular formula is C13H19N3O. The minimum absolute atomic E-state index is 0.269. The molecule has 4 nitrogen and oxygen atoms in total. The predicted octanol–water partition coefficient (Wildman–Crippen LogP) is 1.70. The molecule has 3 rings (SSSR count). The summed E-state index contributed by atoms with van der Waals surface area (Å²) in [5.41, 5.74) is 8.29. The van der Waals surface area contributed by atoms with E-state index in [2.05, 4.69) is 4.98 Å². The van der Waals surface area contributed by atoms with Crippen LogP contribution < -0.4 is 10.5 Å². The molecule has 0 radical (unpaired) electrons. The van der Waals surface area contributed by atoms with Gasteiger partial charge in [-0.05, 0) is 38.5 Å². The molecule has 0 aliphatic heterocycles. The zero-order valence-corrected chi connectivity index (χ0v) is 10.3. The third-order valence-electron chi connectivity index (χ3n) is 3.82. The van der Waals surface area contributed by atoms with Crippen LogP contribution in [0.3, 0.4) is 0 Å². The Labute approximate surface area is 102 Å². The molecule has 2 aliphatic carbocycles. The van der Waals surface area contributed by atoms with Crippen molar-refractivity contribution in [3.63, 3.8) is 0 Å². The van der Waals surface area contributed by atoms with Crippen molar-refractivity contribution in [2.75, 3.05) is 7.11 Å². The summed E-state index contributed by atoms with van der Waals surface area (Å²) in [4.78, 5) is 9.22. The number of rotatable bonds is 2. The van der Waals surface area contributed by atoms with Gasteiger partial charge in [0.25, 0.3) is 0 Å². The smallest absolute Gasteiger partial charge is 0.219 e. The van der Waals surface area contributed by atoms with Crippen LogP contribution in [-0.4, -0.2) is 17.1 Å². The van der Waals surface area contributed by atoms with Crippen LogP contribution in [-0.2, 0) is 18.4 Å². The maximum Gasteiger partial charge on any atom is 0.219 e. The number of nitrogens with two attached hydrogens (primary N) is 1. The van der Waals surface area contributed by atoms with Crippen LogP contribution in [0.4, 0.5) is 0 Å². The van der Waals surface area contributed by atoms with Crippen molar-refractivity contribution >= 4 is 0 Å². The number of fused-ring (bicyclic) bond motifs is 1. The highest BCUT2D eigenvalue weighted by Gasteiger charge is 2.44. The Kier molecular flexibility index (Phi) is 2.54. The van der Waals surface area contributed by atoms with E-state index in [-0.39, 0.29) is 5.54 Å². The van der Waals surface area contributed by atoms with Crippen LogP contribution in [0.1, 0.15) is 49.2 Å².